The molecule has 1 saturated heterocycles. The minimum Gasteiger partial charge on any atom is -0.373 e. The molecule has 0 spiro atoms. The largest absolute Gasteiger partial charge is 0.373 e. The summed E-state index contributed by atoms with van der Waals surface area (Å²) in [6.07, 6.45) is 0.667. The zero-order valence-corrected chi connectivity index (χ0v) is 9.27. The van der Waals surface area contributed by atoms with Crippen molar-refractivity contribution in [1.82, 2.24) is 4.90 Å². The van der Waals surface area contributed by atoms with Crippen LogP contribution in [0.15, 0.2) is 0 Å². The Hall–Kier alpha value is 0.270. The predicted molar refractivity (Wildman–Crippen MR) is 54.6 cm³/mol. The minimum atomic E-state index is -0.0215. The fraction of sp³-hybridized carbons (Fsp3) is 1.00. The summed E-state index contributed by atoms with van der Waals surface area (Å²) in [5.74, 6) is 0. The zero-order valence-electron chi connectivity index (χ0n) is 8.37. The van der Waals surface area contributed by atoms with Gasteiger partial charge in [-0.15, -0.1) is 0 Å². The van der Waals surface area contributed by atoms with Crippen LogP contribution in [0.25, 0.3) is 0 Å². The Bertz CT molecular complexity index is 145. The maximum Gasteiger partial charge on any atom is 0.0678 e. The van der Waals surface area contributed by atoms with Crippen molar-refractivity contribution >= 4 is 12.6 Å². The van der Waals surface area contributed by atoms with Gasteiger partial charge in [0.2, 0.25) is 0 Å². The van der Waals surface area contributed by atoms with E-state index in [0.717, 1.165) is 13.1 Å². The molecule has 0 aromatic rings. The van der Waals surface area contributed by atoms with Gasteiger partial charge in [0.15, 0.2) is 0 Å². The van der Waals surface area contributed by atoms with E-state index in [2.05, 4.69) is 45.2 Å². The number of thiol groups is 1. The van der Waals surface area contributed by atoms with Gasteiger partial charge in [-0.3, -0.25) is 4.90 Å². The van der Waals surface area contributed by atoms with E-state index < -0.39 is 0 Å². The van der Waals surface area contributed by atoms with Crippen LogP contribution in [0, 0.1) is 0 Å². The monoisotopic (exact) mass is 189 g/mol. The van der Waals surface area contributed by atoms with Gasteiger partial charge in [-0.2, -0.15) is 12.6 Å². The summed E-state index contributed by atoms with van der Waals surface area (Å²) in [7, 11) is 0. The van der Waals surface area contributed by atoms with Gasteiger partial charge in [0.1, 0.15) is 0 Å². The lowest BCUT2D eigenvalue weighted by Gasteiger charge is -2.42. The van der Waals surface area contributed by atoms with E-state index in [1.54, 1.807) is 0 Å². The summed E-state index contributed by atoms with van der Waals surface area (Å²) in [5.41, 5.74) is 0. The van der Waals surface area contributed by atoms with Crippen molar-refractivity contribution in [2.45, 2.75) is 44.8 Å². The van der Waals surface area contributed by atoms with E-state index in [0.29, 0.717) is 12.2 Å². The number of hydrogen-bond acceptors (Lipinski definition) is 3. The normalized spacial score (nSPS) is 33.8. The zero-order chi connectivity index (χ0) is 9.35. The third-order valence-corrected chi connectivity index (χ3v) is 2.48. The molecule has 0 aromatic heterocycles. The number of rotatable bonds is 1. The molecule has 0 N–H and O–H groups in total. The Labute approximate surface area is 80.7 Å². The third-order valence-electron chi connectivity index (χ3n) is 2.19. The van der Waals surface area contributed by atoms with Crippen LogP contribution in [0.2, 0.25) is 0 Å². The maximum absolute atomic E-state index is 5.64. The molecule has 0 saturated carbocycles. The van der Waals surface area contributed by atoms with E-state index in [4.69, 9.17) is 4.74 Å². The molecule has 3 heteroatoms. The Morgan fingerprint density at radius 3 is 2.00 bits per heavy atom. The summed E-state index contributed by atoms with van der Waals surface area (Å²) in [5, 5.41) is 0. The molecule has 12 heavy (non-hydrogen) atoms. The second kappa shape index (κ2) is 3.56. The number of nitrogens with zero attached hydrogens (tertiary/aromatic N) is 1. The fourth-order valence-electron chi connectivity index (χ4n) is 1.62. The molecule has 0 aliphatic carbocycles. The van der Waals surface area contributed by atoms with Gasteiger partial charge in [-0.1, -0.05) is 0 Å². The van der Waals surface area contributed by atoms with Crippen molar-refractivity contribution in [3.63, 3.8) is 0 Å². The molecular formula is C9H19NOS. The summed E-state index contributed by atoms with van der Waals surface area (Å²) < 4.78 is 5.64. The molecule has 0 radical (unpaired) electrons. The van der Waals surface area contributed by atoms with Crippen molar-refractivity contribution in [1.29, 1.82) is 0 Å². The van der Waals surface area contributed by atoms with Gasteiger partial charge >= 0.3 is 0 Å². The minimum absolute atomic E-state index is 0.0215. The highest BCUT2D eigenvalue weighted by molar-refractivity contribution is 7.81. The first-order valence-electron chi connectivity index (χ1n) is 4.52. The molecule has 2 atom stereocenters. The molecule has 0 amide bonds. The molecule has 0 bridgehead atoms. The van der Waals surface area contributed by atoms with E-state index in [1.807, 2.05) is 0 Å². The summed E-state index contributed by atoms with van der Waals surface area (Å²) in [6.45, 7) is 10.5. The van der Waals surface area contributed by atoms with Gasteiger partial charge in [0, 0.05) is 13.1 Å². The number of hydrogen-bond donors (Lipinski definition) is 1. The van der Waals surface area contributed by atoms with E-state index in [9.17, 15) is 0 Å². The molecule has 1 rings (SSSR count). The van der Waals surface area contributed by atoms with Crippen LogP contribution < -0.4 is 0 Å². The van der Waals surface area contributed by atoms with Gasteiger partial charge in [-0.05, 0) is 27.7 Å². The van der Waals surface area contributed by atoms with Gasteiger partial charge in [-0.25, -0.2) is 0 Å². The smallest absolute Gasteiger partial charge is 0.0678 e. The van der Waals surface area contributed by atoms with Crippen molar-refractivity contribution in [2.75, 3.05) is 13.1 Å². The first-order chi connectivity index (χ1) is 5.39. The fourth-order valence-corrected chi connectivity index (χ4v) is 1.79. The van der Waals surface area contributed by atoms with E-state index in [-0.39, 0.29) is 4.87 Å². The molecule has 1 aliphatic heterocycles. The molecule has 1 heterocycles. The first kappa shape index (κ1) is 10.4. The summed E-state index contributed by atoms with van der Waals surface area (Å²) in [4.78, 5) is 2.33. The average molecular weight is 189 g/mol. The van der Waals surface area contributed by atoms with Crippen LogP contribution in [0.5, 0.6) is 0 Å². The second-order valence-corrected chi connectivity index (χ2v) is 5.25. The third kappa shape index (κ3) is 2.64. The molecule has 2 nitrogen and oxygen atoms in total. The average Bonchev–Trinajstić information content (AvgIpc) is 1.82. The highest BCUT2D eigenvalue weighted by atomic mass is 32.1. The number of morpholine rings is 1. The highest BCUT2D eigenvalue weighted by Crippen LogP contribution is 2.23. The Morgan fingerprint density at radius 1 is 1.25 bits per heavy atom. The van der Waals surface area contributed by atoms with Crippen molar-refractivity contribution in [3.8, 4) is 0 Å². The van der Waals surface area contributed by atoms with Crippen LogP contribution in [0.4, 0.5) is 0 Å². The molecule has 1 aliphatic rings. The van der Waals surface area contributed by atoms with Crippen LogP contribution >= 0.6 is 12.6 Å². The lowest BCUT2D eigenvalue weighted by molar-refractivity contribution is -0.0809. The SMILES string of the molecule is C[C@@H]1CN(C(C)(C)S)C[C@H](C)O1. The Kier molecular flexibility index (Phi) is 3.07. The molecule has 72 valence electrons. The van der Waals surface area contributed by atoms with Gasteiger partial charge in [0.05, 0.1) is 17.1 Å². The van der Waals surface area contributed by atoms with Crippen LogP contribution in [-0.4, -0.2) is 35.1 Å². The van der Waals surface area contributed by atoms with E-state index in [1.165, 1.54) is 0 Å². The van der Waals surface area contributed by atoms with Crippen LogP contribution in [-0.2, 0) is 4.74 Å². The molecular weight excluding hydrogens is 170 g/mol. The van der Waals surface area contributed by atoms with Gasteiger partial charge < -0.3 is 4.74 Å². The van der Waals surface area contributed by atoms with Crippen molar-refractivity contribution in [2.24, 2.45) is 0 Å². The highest BCUT2D eigenvalue weighted by Gasteiger charge is 2.30. The van der Waals surface area contributed by atoms with E-state index >= 15 is 0 Å². The van der Waals surface area contributed by atoms with Crippen molar-refractivity contribution in [3.05, 3.63) is 0 Å². The van der Waals surface area contributed by atoms with Crippen LogP contribution in [0.1, 0.15) is 27.7 Å². The summed E-state index contributed by atoms with van der Waals surface area (Å²) >= 11 is 4.55. The predicted octanol–water partition coefficient (Wildman–Crippen LogP) is 1.76. The first-order valence-corrected chi connectivity index (χ1v) is 4.97. The number of ether oxygens (including phenoxy) is 1. The molecule has 0 unspecified atom stereocenters. The second-order valence-electron chi connectivity index (χ2n) is 4.16. The van der Waals surface area contributed by atoms with Crippen LogP contribution in [0.3, 0.4) is 0 Å². The Morgan fingerprint density at radius 2 is 1.67 bits per heavy atom. The Balaban J connectivity index is 2.55. The molecule has 0 aromatic carbocycles. The van der Waals surface area contributed by atoms with Gasteiger partial charge in [0.25, 0.3) is 0 Å². The van der Waals surface area contributed by atoms with Crippen molar-refractivity contribution < 1.29 is 4.74 Å². The lowest BCUT2D eigenvalue weighted by Crippen LogP contribution is -2.52. The topological polar surface area (TPSA) is 12.5 Å². The quantitative estimate of drug-likeness (QED) is 0.631. The standard InChI is InChI=1S/C9H19NOS/c1-7-5-10(9(3,4)12)6-8(2)11-7/h7-8,12H,5-6H2,1-4H3/t7-,8+. The lowest BCUT2D eigenvalue weighted by atomic mass is 10.2. The summed E-state index contributed by atoms with van der Waals surface area (Å²) in [6, 6.07) is 0. The molecule has 1 fully saturated rings. The maximum atomic E-state index is 5.64.